The average Bonchev–Trinajstić information content (AvgIpc) is 2.56. The summed E-state index contributed by atoms with van der Waals surface area (Å²) in [6.07, 6.45) is 0.816. The van der Waals surface area contributed by atoms with E-state index >= 15 is 0 Å². The summed E-state index contributed by atoms with van der Waals surface area (Å²) in [4.78, 5) is 45.1. The highest BCUT2D eigenvalue weighted by Gasteiger charge is 2.16. The van der Waals surface area contributed by atoms with Gasteiger partial charge in [-0.25, -0.2) is 9.59 Å². The van der Waals surface area contributed by atoms with Crippen molar-refractivity contribution in [3.63, 3.8) is 0 Å². The van der Waals surface area contributed by atoms with Crippen molar-refractivity contribution >= 4 is 23.5 Å². The van der Waals surface area contributed by atoms with Crippen molar-refractivity contribution in [3.8, 4) is 0 Å². The van der Waals surface area contributed by atoms with E-state index in [9.17, 15) is 19.2 Å². The van der Waals surface area contributed by atoms with Crippen molar-refractivity contribution in [2.75, 3.05) is 14.2 Å². The lowest BCUT2D eigenvalue weighted by Gasteiger charge is -2.08. The Bertz CT molecular complexity index is 525. The van der Waals surface area contributed by atoms with Crippen LogP contribution in [0.2, 0.25) is 0 Å². The van der Waals surface area contributed by atoms with Crippen LogP contribution in [0.3, 0.4) is 0 Å². The van der Waals surface area contributed by atoms with Gasteiger partial charge >= 0.3 is 11.9 Å². The topological polar surface area (TPSA) is 86.7 Å². The van der Waals surface area contributed by atoms with Crippen LogP contribution in [-0.4, -0.2) is 37.7 Å². The molecule has 6 heteroatoms. The highest BCUT2D eigenvalue weighted by Crippen LogP contribution is 2.14. The number of ketones is 2. The number of methoxy groups -OCH3 is 2. The summed E-state index contributed by atoms with van der Waals surface area (Å²) in [6, 6.07) is 7.26. The van der Waals surface area contributed by atoms with E-state index in [1.807, 2.05) is 24.3 Å². The molecule has 1 aromatic carbocycles. The zero-order chi connectivity index (χ0) is 16.5. The summed E-state index contributed by atoms with van der Waals surface area (Å²) in [5.74, 6) is -2.91. The molecule has 0 N–H and O–H groups in total. The average molecular weight is 306 g/mol. The van der Waals surface area contributed by atoms with Gasteiger partial charge in [0, 0.05) is 12.8 Å². The molecule has 0 bridgehead atoms. The van der Waals surface area contributed by atoms with Gasteiger partial charge in [-0.05, 0) is 24.0 Å². The molecule has 0 spiro atoms. The van der Waals surface area contributed by atoms with Gasteiger partial charge in [-0.3, -0.25) is 9.59 Å². The maximum Gasteiger partial charge on any atom is 0.374 e. The smallest absolute Gasteiger partial charge is 0.374 e. The molecular weight excluding hydrogens is 288 g/mol. The maximum atomic E-state index is 11.5. The minimum atomic E-state index is -0.863. The van der Waals surface area contributed by atoms with E-state index in [1.165, 1.54) is 0 Å². The summed E-state index contributed by atoms with van der Waals surface area (Å²) in [7, 11) is 2.32. The fourth-order valence-electron chi connectivity index (χ4n) is 1.97. The molecule has 0 aliphatic carbocycles. The van der Waals surface area contributed by atoms with Crippen molar-refractivity contribution in [2.45, 2.75) is 25.7 Å². The van der Waals surface area contributed by atoms with Gasteiger partial charge in [0.1, 0.15) is 0 Å². The number of Topliss-reactive ketones (excluding diaryl/α,β-unsaturated/α-hetero) is 2. The number of hydrogen-bond acceptors (Lipinski definition) is 6. The Morgan fingerprint density at radius 3 is 1.45 bits per heavy atom. The van der Waals surface area contributed by atoms with Crippen molar-refractivity contribution in [1.82, 2.24) is 0 Å². The highest BCUT2D eigenvalue weighted by molar-refractivity contribution is 6.33. The normalized spacial score (nSPS) is 9.91. The van der Waals surface area contributed by atoms with Crippen LogP contribution in [-0.2, 0) is 41.5 Å². The predicted octanol–water partition coefficient (Wildman–Crippen LogP) is 1.04. The molecular formula is C16H18O6. The zero-order valence-corrected chi connectivity index (χ0v) is 12.6. The number of hydrogen-bond donors (Lipinski definition) is 0. The molecule has 0 aliphatic rings. The van der Waals surface area contributed by atoms with Crippen LogP contribution in [0, 0.1) is 0 Å². The molecule has 6 nitrogen and oxygen atoms in total. The predicted molar refractivity (Wildman–Crippen MR) is 77.1 cm³/mol. The Kier molecular flexibility index (Phi) is 6.95. The minimum absolute atomic E-state index is 0.0363. The quantitative estimate of drug-likeness (QED) is 0.527. The molecule has 0 saturated heterocycles. The molecule has 0 atom stereocenters. The van der Waals surface area contributed by atoms with E-state index in [0.717, 1.165) is 25.3 Å². The van der Waals surface area contributed by atoms with E-state index in [1.54, 1.807) is 0 Å². The fraction of sp³-hybridized carbons (Fsp3) is 0.375. The van der Waals surface area contributed by atoms with Crippen molar-refractivity contribution in [3.05, 3.63) is 35.4 Å². The molecule has 0 unspecified atom stereocenters. The Morgan fingerprint density at radius 2 is 1.14 bits per heavy atom. The van der Waals surface area contributed by atoms with Crippen LogP contribution in [0.4, 0.5) is 0 Å². The lowest BCUT2D eigenvalue weighted by atomic mass is 9.97. The van der Waals surface area contributed by atoms with E-state index in [0.29, 0.717) is 12.8 Å². The van der Waals surface area contributed by atoms with E-state index in [2.05, 4.69) is 9.47 Å². The van der Waals surface area contributed by atoms with Gasteiger partial charge in [-0.1, -0.05) is 24.3 Å². The number of ether oxygens (including phenoxy) is 2. The number of esters is 2. The molecule has 0 heterocycles. The first-order valence-electron chi connectivity index (χ1n) is 6.78. The number of rotatable bonds is 8. The van der Waals surface area contributed by atoms with E-state index in [4.69, 9.17) is 0 Å². The molecule has 22 heavy (non-hydrogen) atoms. The second kappa shape index (κ2) is 8.71. The van der Waals surface area contributed by atoms with Gasteiger partial charge < -0.3 is 9.47 Å². The number of aryl methyl sites for hydroxylation is 2. The third-order valence-corrected chi connectivity index (χ3v) is 3.19. The number of benzene rings is 1. The van der Waals surface area contributed by atoms with Crippen LogP contribution in [0.5, 0.6) is 0 Å². The lowest BCUT2D eigenvalue weighted by Crippen LogP contribution is -2.17. The van der Waals surface area contributed by atoms with Crippen molar-refractivity contribution < 1.29 is 28.7 Å². The summed E-state index contributed by atoms with van der Waals surface area (Å²) in [6.45, 7) is 0. The number of carbonyl (C=O) groups excluding carboxylic acids is 4. The Balaban J connectivity index is 2.66. The van der Waals surface area contributed by atoms with Gasteiger partial charge in [0.05, 0.1) is 14.2 Å². The first-order valence-corrected chi connectivity index (χ1v) is 6.78. The lowest BCUT2D eigenvalue weighted by molar-refractivity contribution is -0.151. The molecule has 1 rings (SSSR count). The molecule has 1 aromatic rings. The molecule has 0 aromatic heterocycles. The second-order valence-electron chi connectivity index (χ2n) is 4.60. The Labute approximate surface area is 128 Å². The Morgan fingerprint density at radius 1 is 0.773 bits per heavy atom. The minimum Gasteiger partial charge on any atom is -0.463 e. The molecule has 118 valence electrons. The van der Waals surface area contributed by atoms with Gasteiger partial charge in [0.2, 0.25) is 11.6 Å². The van der Waals surface area contributed by atoms with E-state index in [-0.39, 0.29) is 12.8 Å². The summed E-state index contributed by atoms with van der Waals surface area (Å²) < 4.78 is 8.73. The van der Waals surface area contributed by atoms with Crippen LogP contribution in [0.15, 0.2) is 24.3 Å². The van der Waals surface area contributed by atoms with Gasteiger partial charge in [0.15, 0.2) is 0 Å². The van der Waals surface area contributed by atoms with Gasteiger partial charge in [0.25, 0.3) is 0 Å². The molecule has 0 saturated carbocycles. The van der Waals surface area contributed by atoms with Crippen molar-refractivity contribution in [2.24, 2.45) is 0 Å². The van der Waals surface area contributed by atoms with Crippen LogP contribution >= 0.6 is 0 Å². The molecule has 0 amide bonds. The third-order valence-electron chi connectivity index (χ3n) is 3.19. The first-order chi connectivity index (χ1) is 10.5. The number of carbonyl (C=O) groups is 4. The third kappa shape index (κ3) is 5.12. The van der Waals surface area contributed by atoms with Gasteiger partial charge in [-0.2, -0.15) is 0 Å². The highest BCUT2D eigenvalue weighted by atomic mass is 16.5. The first kappa shape index (κ1) is 17.6. The second-order valence-corrected chi connectivity index (χ2v) is 4.60. The monoisotopic (exact) mass is 306 g/mol. The molecule has 0 fully saturated rings. The standard InChI is InChI=1S/C16H18O6/c1-21-15(19)13(17)9-7-11-5-3-4-6-12(11)8-10-14(18)16(20)22-2/h3-6H,7-10H2,1-2H3. The molecule has 0 aliphatic heterocycles. The molecule has 0 radical (unpaired) electrons. The van der Waals surface area contributed by atoms with Crippen LogP contribution in [0.25, 0.3) is 0 Å². The SMILES string of the molecule is COC(=O)C(=O)CCc1ccccc1CCC(=O)C(=O)OC. The zero-order valence-electron chi connectivity index (χ0n) is 12.6. The van der Waals surface area contributed by atoms with E-state index < -0.39 is 23.5 Å². The summed E-state index contributed by atoms with van der Waals surface area (Å²) in [5, 5.41) is 0. The Hall–Kier alpha value is -2.50. The maximum absolute atomic E-state index is 11.5. The largest absolute Gasteiger partial charge is 0.463 e. The summed E-state index contributed by atoms with van der Waals surface area (Å²) in [5.41, 5.74) is 1.72. The summed E-state index contributed by atoms with van der Waals surface area (Å²) >= 11 is 0. The van der Waals surface area contributed by atoms with Crippen LogP contribution < -0.4 is 0 Å². The van der Waals surface area contributed by atoms with Crippen LogP contribution in [0.1, 0.15) is 24.0 Å². The van der Waals surface area contributed by atoms with Crippen molar-refractivity contribution in [1.29, 1.82) is 0 Å². The fourth-order valence-corrected chi connectivity index (χ4v) is 1.97. The van der Waals surface area contributed by atoms with Gasteiger partial charge in [-0.15, -0.1) is 0 Å².